The standard InChI is InChI=1S/C43H76NO8P/c1-3-5-7-9-11-13-15-17-19-20-22-24-26-28-30-32-34-36-43(46)52-41(40-51-53(47,48)50-38-37-44)39-49-42(45)35-33-31-29-27-25-23-21-18-16-14-12-10-8-6-4-2/h7,9,13,15,19-20,23-26,41H,3-6,8,10-12,14,16-18,21-22,27-40,44H2,1-2H3,(H,47,48)/b9-7+,15-13+,20-19+,25-23+,26-24+/t41-/m1/s1. The quantitative estimate of drug-likeness (QED) is 0.0272. The Morgan fingerprint density at radius 2 is 1.02 bits per heavy atom. The second-order valence-corrected chi connectivity index (χ2v) is 14.9. The molecule has 0 aromatic heterocycles. The third-order valence-corrected chi connectivity index (χ3v) is 9.34. The molecule has 0 saturated heterocycles. The third-order valence-electron chi connectivity index (χ3n) is 8.36. The van der Waals surface area contributed by atoms with Gasteiger partial charge in [0.25, 0.3) is 0 Å². The van der Waals surface area contributed by atoms with Crippen LogP contribution < -0.4 is 5.73 Å². The van der Waals surface area contributed by atoms with Crippen molar-refractivity contribution in [3.63, 3.8) is 0 Å². The first-order chi connectivity index (χ1) is 25.8. The van der Waals surface area contributed by atoms with Crippen LogP contribution in [0, 0.1) is 0 Å². The van der Waals surface area contributed by atoms with Crippen LogP contribution in [0.3, 0.4) is 0 Å². The van der Waals surface area contributed by atoms with Crippen LogP contribution >= 0.6 is 7.82 Å². The topological polar surface area (TPSA) is 134 Å². The lowest BCUT2D eigenvalue weighted by atomic mass is 10.1. The van der Waals surface area contributed by atoms with Gasteiger partial charge in [0.2, 0.25) is 0 Å². The van der Waals surface area contributed by atoms with Crippen LogP contribution in [0.1, 0.15) is 168 Å². The van der Waals surface area contributed by atoms with Crippen LogP contribution in [0.25, 0.3) is 0 Å². The number of phosphoric acid groups is 1. The van der Waals surface area contributed by atoms with Gasteiger partial charge in [-0.3, -0.25) is 18.6 Å². The van der Waals surface area contributed by atoms with E-state index in [-0.39, 0.29) is 32.6 Å². The van der Waals surface area contributed by atoms with E-state index in [1.807, 2.05) is 0 Å². The van der Waals surface area contributed by atoms with Crippen LogP contribution in [-0.2, 0) is 32.7 Å². The minimum absolute atomic E-state index is 0.0435. The SMILES string of the molecule is CCC/C=C/C/C=C/C/C=C/C/C=C/CCCCCC(=O)O[C@H](COC(=O)CCCCC/C=C/CCCCCCCCCC)COP(=O)(O)OCCN. The molecule has 9 nitrogen and oxygen atoms in total. The predicted molar refractivity (Wildman–Crippen MR) is 219 cm³/mol. The fraction of sp³-hybridized carbons (Fsp3) is 0.721. The number of carbonyl (C=O) groups excluding carboxylic acids is 2. The summed E-state index contributed by atoms with van der Waals surface area (Å²) in [5, 5.41) is 0. The Morgan fingerprint density at radius 1 is 0.566 bits per heavy atom. The van der Waals surface area contributed by atoms with Crippen molar-refractivity contribution in [2.75, 3.05) is 26.4 Å². The van der Waals surface area contributed by atoms with Gasteiger partial charge in [0.05, 0.1) is 13.2 Å². The highest BCUT2D eigenvalue weighted by atomic mass is 31.2. The number of phosphoric ester groups is 1. The summed E-state index contributed by atoms with van der Waals surface area (Å²) in [6.07, 6.45) is 45.3. The predicted octanol–water partition coefficient (Wildman–Crippen LogP) is 11.7. The van der Waals surface area contributed by atoms with E-state index in [9.17, 15) is 19.0 Å². The fourth-order valence-electron chi connectivity index (χ4n) is 5.27. The number of esters is 2. The molecule has 3 N–H and O–H groups in total. The summed E-state index contributed by atoms with van der Waals surface area (Å²) in [7, 11) is -4.39. The van der Waals surface area contributed by atoms with Gasteiger partial charge in [-0.05, 0) is 77.0 Å². The van der Waals surface area contributed by atoms with E-state index >= 15 is 0 Å². The number of ether oxygens (including phenoxy) is 2. The van der Waals surface area contributed by atoms with Crippen molar-refractivity contribution in [3.05, 3.63) is 60.8 Å². The molecule has 0 aromatic rings. The summed E-state index contributed by atoms with van der Waals surface area (Å²) in [5.74, 6) is -0.887. The first-order valence-electron chi connectivity index (χ1n) is 20.8. The van der Waals surface area contributed by atoms with Gasteiger partial charge in [-0.2, -0.15) is 0 Å². The van der Waals surface area contributed by atoms with Crippen molar-refractivity contribution in [2.24, 2.45) is 5.73 Å². The molecule has 0 aliphatic heterocycles. The molecule has 0 radical (unpaired) electrons. The smallest absolute Gasteiger partial charge is 0.462 e. The van der Waals surface area contributed by atoms with Crippen LogP contribution in [0.4, 0.5) is 0 Å². The number of carbonyl (C=O) groups is 2. The maximum Gasteiger partial charge on any atom is 0.472 e. The number of rotatable bonds is 38. The Labute approximate surface area is 323 Å². The van der Waals surface area contributed by atoms with E-state index in [1.54, 1.807) is 0 Å². The number of hydrogen-bond acceptors (Lipinski definition) is 8. The van der Waals surface area contributed by atoms with E-state index in [2.05, 4.69) is 74.6 Å². The van der Waals surface area contributed by atoms with Crippen molar-refractivity contribution in [3.8, 4) is 0 Å². The largest absolute Gasteiger partial charge is 0.472 e. The number of nitrogens with two attached hydrogens (primary N) is 1. The highest BCUT2D eigenvalue weighted by Crippen LogP contribution is 2.43. The Morgan fingerprint density at radius 3 is 1.55 bits per heavy atom. The molecule has 0 amide bonds. The zero-order valence-electron chi connectivity index (χ0n) is 33.5. The van der Waals surface area contributed by atoms with Gasteiger partial charge in [0.15, 0.2) is 6.10 Å². The second-order valence-electron chi connectivity index (χ2n) is 13.5. The van der Waals surface area contributed by atoms with E-state index in [4.69, 9.17) is 24.3 Å². The maximum absolute atomic E-state index is 12.6. The zero-order valence-corrected chi connectivity index (χ0v) is 34.4. The van der Waals surface area contributed by atoms with E-state index in [1.165, 1.54) is 57.8 Å². The molecule has 1 unspecified atom stereocenters. The lowest BCUT2D eigenvalue weighted by Gasteiger charge is -2.19. The average Bonchev–Trinajstić information content (AvgIpc) is 3.14. The van der Waals surface area contributed by atoms with Crippen molar-refractivity contribution < 1.29 is 37.6 Å². The van der Waals surface area contributed by atoms with Gasteiger partial charge in [0.1, 0.15) is 6.61 Å². The van der Waals surface area contributed by atoms with Crippen molar-refractivity contribution in [2.45, 2.75) is 174 Å². The van der Waals surface area contributed by atoms with Crippen LogP contribution in [0.2, 0.25) is 0 Å². The molecular formula is C43H76NO8P. The fourth-order valence-corrected chi connectivity index (χ4v) is 6.03. The maximum atomic E-state index is 12.6. The van der Waals surface area contributed by atoms with Crippen LogP contribution in [0.15, 0.2) is 60.8 Å². The van der Waals surface area contributed by atoms with Crippen molar-refractivity contribution in [1.29, 1.82) is 0 Å². The first-order valence-corrected chi connectivity index (χ1v) is 22.3. The first kappa shape index (κ1) is 50.7. The summed E-state index contributed by atoms with van der Waals surface area (Å²) in [4.78, 5) is 34.8. The lowest BCUT2D eigenvalue weighted by Crippen LogP contribution is -2.29. The Balaban J connectivity index is 4.28. The summed E-state index contributed by atoms with van der Waals surface area (Å²) in [6.45, 7) is 3.59. The molecule has 306 valence electrons. The number of allylic oxidation sites excluding steroid dienone is 10. The van der Waals surface area contributed by atoms with Gasteiger partial charge in [-0.25, -0.2) is 4.57 Å². The van der Waals surface area contributed by atoms with E-state index in [0.717, 1.165) is 70.6 Å². The molecule has 0 rings (SSSR count). The van der Waals surface area contributed by atoms with Crippen molar-refractivity contribution in [1.82, 2.24) is 0 Å². The Bertz CT molecular complexity index is 1050. The van der Waals surface area contributed by atoms with Crippen molar-refractivity contribution >= 4 is 19.8 Å². The molecule has 0 fully saturated rings. The molecule has 2 atom stereocenters. The van der Waals surface area contributed by atoms with Crippen LogP contribution in [-0.4, -0.2) is 49.3 Å². The molecule has 10 heteroatoms. The molecule has 0 aromatic carbocycles. The number of hydrogen-bond donors (Lipinski definition) is 2. The summed E-state index contributed by atoms with van der Waals surface area (Å²) < 4.78 is 32.7. The highest BCUT2D eigenvalue weighted by molar-refractivity contribution is 7.47. The van der Waals surface area contributed by atoms with Gasteiger partial charge >= 0.3 is 19.8 Å². The molecule has 0 aliphatic rings. The van der Waals surface area contributed by atoms with Gasteiger partial charge in [-0.15, -0.1) is 0 Å². The normalized spacial score (nSPS) is 14.0. The summed E-state index contributed by atoms with van der Waals surface area (Å²) in [6, 6.07) is 0. The number of unbranched alkanes of at least 4 members (excludes halogenated alkanes) is 15. The molecule has 0 spiro atoms. The molecule has 0 saturated carbocycles. The Kier molecular flexibility index (Phi) is 37.7. The summed E-state index contributed by atoms with van der Waals surface area (Å²) >= 11 is 0. The van der Waals surface area contributed by atoms with Gasteiger partial charge in [-0.1, -0.05) is 139 Å². The second kappa shape index (κ2) is 39.4. The minimum Gasteiger partial charge on any atom is -0.462 e. The molecule has 53 heavy (non-hydrogen) atoms. The zero-order chi connectivity index (χ0) is 38.9. The average molecular weight is 766 g/mol. The molecular weight excluding hydrogens is 689 g/mol. The van der Waals surface area contributed by atoms with Crippen LogP contribution in [0.5, 0.6) is 0 Å². The minimum atomic E-state index is -4.39. The highest BCUT2D eigenvalue weighted by Gasteiger charge is 2.25. The molecule has 0 bridgehead atoms. The summed E-state index contributed by atoms with van der Waals surface area (Å²) in [5.41, 5.74) is 5.34. The monoisotopic (exact) mass is 766 g/mol. The Hall–Kier alpha value is -2.29. The third kappa shape index (κ3) is 39.2. The van der Waals surface area contributed by atoms with E-state index < -0.39 is 32.5 Å². The van der Waals surface area contributed by atoms with E-state index in [0.29, 0.717) is 12.8 Å². The van der Waals surface area contributed by atoms with Gasteiger partial charge < -0.3 is 20.1 Å². The molecule has 0 aliphatic carbocycles. The molecule has 0 heterocycles. The lowest BCUT2D eigenvalue weighted by molar-refractivity contribution is -0.161. The van der Waals surface area contributed by atoms with Gasteiger partial charge in [0, 0.05) is 19.4 Å².